The summed E-state index contributed by atoms with van der Waals surface area (Å²) in [5.74, 6) is 1.31. The Kier molecular flexibility index (Phi) is 3.29. The standard InChI is InChI=1S/C12H21NO2/c1-8-4-3-5-9(2)11(8)13-10-6-7-15-12(10)14/h8-11,13H,3-7H2,1-2H3/t8-,9+,10?,11-. The topological polar surface area (TPSA) is 38.3 Å². The van der Waals surface area contributed by atoms with Crippen LogP contribution in [-0.4, -0.2) is 24.7 Å². The molecule has 0 aromatic carbocycles. The molecule has 1 saturated carbocycles. The average molecular weight is 211 g/mol. The monoisotopic (exact) mass is 211 g/mol. The van der Waals surface area contributed by atoms with E-state index in [0.29, 0.717) is 24.5 Å². The Bertz CT molecular complexity index is 232. The molecule has 2 fully saturated rings. The van der Waals surface area contributed by atoms with Crippen LogP contribution in [0.4, 0.5) is 0 Å². The van der Waals surface area contributed by atoms with E-state index in [4.69, 9.17) is 4.74 Å². The Hall–Kier alpha value is -0.570. The summed E-state index contributed by atoms with van der Waals surface area (Å²) >= 11 is 0. The maximum atomic E-state index is 11.4. The molecule has 86 valence electrons. The Morgan fingerprint density at radius 3 is 2.40 bits per heavy atom. The van der Waals surface area contributed by atoms with Gasteiger partial charge in [-0.05, 0) is 24.7 Å². The van der Waals surface area contributed by atoms with Gasteiger partial charge in [-0.3, -0.25) is 4.79 Å². The zero-order chi connectivity index (χ0) is 10.8. The first-order valence-electron chi connectivity index (χ1n) is 6.11. The van der Waals surface area contributed by atoms with E-state index in [0.717, 1.165) is 6.42 Å². The smallest absolute Gasteiger partial charge is 0.323 e. The number of carbonyl (C=O) groups is 1. The van der Waals surface area contributed by atoms with Crippen molar-refractivity contribution < 1.29 is 9.53 Å². The summed E-state index contributed by atoms with van der Waals surface area (Å²) in [6.45, 7) is 5.16. The van der Waals surface area contributed by atoms with E-state index in [9.17, 15) is 4.79 Å². The van der Waals surface area contributed by atoms with Gasteiger partial charge >= 0.3 is 5.97 Å². The highest BCUT2D eigenvalue weighted by molar-refractivity contribution is 5.77. The zero-order valence-corrected chi connectivity index (χ0v) is 9.66. The van der Waals surface area contributed by atoms with Crippen LogP contribution in [0.15, 0.2) is 0 Å². The molecule has 1 saturated heterocycles. The van der Waals surface area contributed by atoms with Gasteiger partial charge in [0.2, 0.25) is 0 Å². The molecule has 4 atom stereocenters. The SMILES string of the molecule is C[C@@H]1CCC[C@H](C)[C@@H]1NC1CCOC1=O. The van der Waals surface area contributed by atoms with Gasteiger partial charge in [0.1, 0.15) is 6.04 Å². The highest BCUT2D eigenvalue weighted by atomic mass is 16.5. The Morgan fingerprint density at radius 1 is 1.20 bits per heavy atom. The predicted octanol–water partition coefficient (Wildman–Crippen LogP) is 1.72. The minimum Gasteiger partial charge on any atom is -0.464 e. The van der Waals surface area contributed by atoms with Gasteiger partial charge in [0.05, 0.1) is 6.61 Å². The fourth-order valence-corrected chi connectivity index (χ4v) is 2.89. The number of rotatable bonds is 2. The number of hydrogen-bond acceptors (Lipinski definition) is 3. The third-order valence-corrected chi connectivity index (χ3v) is 3.87. The molecule has 0 aromatic heterocycles. The average Bonchev–Trinajstić information content (AvgIpc) is 2.58. The van der Waals surface area contributed by atoms with E-state index in [-0.39, 0.29) is 12.0 Å². The largest absolute Gasteiger partial charge is 0.464 e. The van der Waals surface area contributed by atoms with Crippen LogP contribution < -0.4 is 5.32 Å². The molecule has 3 nitrogen and oxygen atoms in total. The van der Waals surface area contributed by atoms with Crippen molar-refractivity contribution in [3.8, 4) is 0 Å². The third kappa shape index (κ3) is 2.33. The number of cyclic esters (lactones) is 1. The van der Waals surface area contributed by atoms with E-state index in [2.05, 4.69) is 19.2 Å². The number of esters is 1. The number of hydrogen-bond donors (Lipinski definition) is 1. The minimum absolute atomic E-state index is 0.0435. The third-order valence-electron chi connectivity index (χ3n) is 3.87. The summed E-state index contributed by atoms with van der Waals surface area (Å²) in [6.07, 6.45) is 4.73. The van der Waals surface area contributed by atoms with E-state index in [1.807, 2.05) is 0 Å². The molecule has 0 aromatic rings. The summed E-state index contributed by atoms with van der Waals surface area (Å²) in [4.78, 5) is 11.4. The van der Waals surface area contributed by atoms with Crippen LogP contribution in [0.1, 0.15) is 39.5 Å². The minimum atomic E-state index is -0.0556. The summed E-state index contributed by atoms with van der Waals surface area (Å²) in [6, 6.07) is 0.451. The van der Waals surface area contributed by atoms with Gasteiger partial charge in [0, 0.05) is 12.5 Å². The molecule has 1 aliphatic carbocycles. The second kappa shape index (κ2) is 4.52. The lowest BCUT2D eigenvalue weighted by Crippen LogP contribution is -2.49. The number of nitrogens with one attached hydrogen (secondary N) is 1. The first-order valence-corrected chi connectivity index (χ1v) is 6.11. The molecule has 0 amide bonds. The normalized spacial score (nSPS) is 41.6. The van der Waals surface area contributed by atoms with Crippen molar-refractivity contribution >= 4 is 5.97 Å². The molecule has 1 unspecified atom stereocenters. The highest BCUT2D eigenvalue weighted by Gasteiger charge is 2.34. The molecular formula is C12H21NO2. The van der Waals surface area contributed by atoms with Gasteiger partial charge < -0.3 is 10.1 Å². The van der Waals surface area contributed by atoms with Crippen molar-refractivity contribution in [1.82, 2.24) is 5.32 Å². The van der Waals surface area contributed by atoms with Crippen LogP contribution >= 0.6 is 0 Å². The predicted molar refractivity (Wildman–Crippen MR) is 58.5 cm³/mol. The second-order valence-electron chi connectivity index (χ2n) is 5.09. The molecule has 2 rings (SSSR count). The summed E-state index contributed by atoms with van der Waals surface area (Å²) < 4.78 is 4.98. The molecule has 0 radical (unpaired) electrons. The lowest BCUT2D eigenvalue weighted by atomic mass is 9.78. The first-order chi connectivity index (χ1) is 7.18. The number of ether oxygens (including phenoxy) is 1. The van der Waals surface area contributed by atoms with E-state index in [1.165, 1.54) is 19.3 Å². The van der Waals surface area contributed by atoms with Crippen molar-refractivity contribution in [2.24, 2.45) is 11.8 Å². The first kappa shape index (κ1) is 10.9. The fourth-order valence-electron chi connectivity index (χ4n) is 2.89. The fraction of sp³-hybridized carbons (Fsp3) is 0.917. The summed E-state index contributed by atoms with van der Waals surface area (Å²) in [5.41, 5.74) is 0. The molecule has 0 bridgehead atoms. The van der Waals surface area contributed by atoms with Crippen LogP contribution in [0.25, 0.3) is 0 Å². The molecule has 1 N–H and O–H groups in total. The second-order valence-corrected chi connectivity index (χ2v) is 5.09. The summed E-state index contributed by atoms with van der Waals surface area (Å²) in [7, 11) is 0. The molecule has 1 aliphatic heterocycles. The van der Waals surface area contributed by atoms with Crippen molar-refractivity contribution in [3.63, 3.8) is 0 Å². The molecule has 2 aliphatic rings. The van der Waals surface area contributed by atoms with Crippen molar-refractivity contribution in [1.29, 1.82) is 0 Å². The molecule has 0 spiro atoms. The lowest BCUT2D eigenvalue weighted by Gasteiger charge is -2.36. The van der Waals surface area contributed by atoms with Gasteiger partial charge in [-0.1, -0.05) is 20.3 Å². The van der Waals surface area contributed by atoms with Gasteiger partial charge in [-0.2, -0.15) is 0 Å². The van der Waals surface area contributed by atoms with Crippen molar-refractivity contribution in [2.75, 3.05) is 6.61 Å². The Morgan fingerprint density at radius 2 is 1.87 bits per heavy atom. The van der Waals surface area contributed by atoms with Crippen LogP contribution in [0.5, 0.6) is 0 Å². The molecule has 1 heterocycles. The zero-order valence-electron chi connectivity index (χ0n) is 9.66. The van der Waals surface area contributed by atoms with Crippen LogP contribution in [0.3, 0.4) is 0 Å². The molecule has 3 heteroatoms. The van der Waals surface area contributed by atoms with Gasteiger partial charge in [-0.15, -0.1) is 0 Å². The van der Waals surface area contributed by atoms with Gasteiger partial charge in [0.15, 0.2) is 0 Å². The van der Waals surface area contributed by atoms with E-state index < -0.39 is 0 Å². The Labute approximate surface area is 91.6 Å². The molecule has 15 heavy (non-hydrogen) atoms. The summed E-state index contributed by atoms with van der Waals surface area (Å²) in [5, 5.41) is 3.49. The van der Waals surface area contributed by atoms with E-state index >= 15 is 0 Å². The van der Waals surface area contributed by atoms with Crippen molar-refractivity contribution in [2.45, 2.75) is 51.6 Å². The maximum absolute atomic E-state index is 11.4. The lowest BCUT2D eigenvalue weighted by molar-refractivity contribution is -0.140. The van der Waals surface area contributed by atoms with E-state index in [1.54, 1.807) is 0 Å². The highest BCUT2D eigenvalue weighted by Crippen LogP contribution is 2.29. The Balaban J connectivity index is 1.93. The van der Waals surface area contributed by atoms with Crippen LogP contribution in [0.2, 0.25) is 0 Å². The van der Waals surface area contributed by atoms with Crippen LogP contribution in [-0.2, 0) is 9.53 Å². The van der Waals surface area contributed by atoms with Crippen LogP contribution in [0, 0.1) is 11.8 Å². The molecular weight excluding hydrogens is 190 g/mol. The quantitative estimate of drug-likeness (QED) is 0.707. The van der Waals surface area contributed by atoms with Crippen molar-refractivity contribution in [3.05, 3.63) is 0 Å². The van der Waals surface area contributed by atoms with Gasteiger partial charge in [-0.25, -0.2) is 0 Å². The number of carbonyl (C=O) groups excluding carboxylic acids is 1. The van der Waals surface area contributed by atoms with Gasteiger partial charge in [0.25, 0.3) is 0 Å². The maximum Gasteiger partial charge on any atom is 0.323 e.